The van der Waals surface area contributed by atoms with Crippen LogP contribution in [-0.2, 0) is 11.3 Å². The summed E-state index contributed by atoms with van der Waals surface area (Å²) in [5.74, 6) is 1.64. The maximum absolute atomic E-state index is 6.05. The molecule has 2 rings (SSSR count). The van der Waals surface area contributed by atoms with Crippen LogP contribution in [0.4, 0.5) is 0 Å². The Morgan fingerprint density at radius 2 is 2.05 bits per heavy atom. The summed E-state index contributed by atoms with van der Waals surface area (Å²) in [4.78, 5) is 0. The Kier molecular flexibility index (Phi) is 7.75. The maximum Gasteiger partial charge on any atom is 0.120 e. The van der Waals surface area contributed by atoms with E-state index in [2.05, 4.69) is 43.4 Å². The van der Waals surface area contributed by atoms with Gasteiger partial charge in [-0.2, -0.15) is 0 Å². The lowest BCUT2D eigenvalue weighted by atomic mass is 10.2. The van der Waals surface area contributed by atoms with Gasteiger partial charge in [0.05, 0.1) is 6.10 Å². The van der Waals surface area contributed by atoms with E-state index >= 15 is 0 Å². The first-order valence-electron chi connectivity index (χ1n) is 8.78. The number of hydrogen-bond acceptors (Lipinski definition) is 3. The van der Waals surface area contributed by atoms with Crippen molar-refractivity contribution >= 4 is 0 Å². The van der Waals surface area contributed by atoms with Gasteiger partial charge in [0.25, 0.3) is 0 Å². The van der Waals surface area contributed by atoms with Crippen molar-refractivity contribution in [3.63, 3.8) is 0 Å². The molecular formula is C19H31NO2. The summed E-state index contributed by atoms with van der Waals surface area (Å²) in [6, 6.07) is 8.49. The van der Waals surface area contributed by atoms with Crippen LogP contribution in [0, 0.1) is 5.92 Å². The molecule has 0 spiro atoms. The third-order valence-corrected chi connectivity index (χ3v) is 3.93. The number of ether oxygens (including phenoxy) is 2. The highest BCUT2D eigenvalue weighted by Gasteiger charge is 2.16. The van der Waals surface area contributed by atoms with E-state index in [1.807, 2.05) is 0 Å². The summed E-state index contributed by atoms with van der Waals surface area (Å²) in [7, 11) is 0. The number of hydrogen-bond donors (Lipinski definition) is 1. The van der Waals surface area contributed by atoms with Crippen LogP contribution in [0.15, 0.2) is 24.3 Å². The van der Waals surface area contributed by atoms with Gasteiger partial charge in [-0.15, -0.1) is 0 Å². The smallest absolute Gasteiger partial charge is 0.120 e. The van der Waals surface area contributed by atoms with Crippen molar-refractivity contribution in [3.8, 4) is 5.75 Å². The topological polar surface area (TPSA) is 30.5 Å². The van der Waals surface area contributed by atoms with E-state index in [4.69, 9.17) is 9.47 Å². The molecule has 0 aromatic heterocycles. The summed E-state index contributed by atoms with van der Waals surface area (Å²) in [6.45, 7) is 7.95. The molecule has 1 aliphatic carbocycles. The lowest BCUT2D eigenvalue weighted by molar-refractivity contribution is 0.108. The van der Waals surface area contributed by atoms with E-state index in [-0.39, 0.29) is 0 Å². The minimum absolute atomic E-state index is 0.432. The highest BCUT2D eigenvalue weighted by molar-refractivity contribution is 5.28. The normalized spacial score (nSPS) is 15.6. The quantitative estimate of drug-likeness (QED) is 0.658. The van der Waals surface area contributed by atoms with Gasteiger partial charge < -0.3 is 14.8 Å². The molecule has 1 fully saturated rings. The molecule has 3 nitrogen and oxygen atoms in total. The Bertz CT molecular complexity index is 414. The van der Waals surface area contributed by atoms with E-state index < -0.39 is 0 Å². The van der Waals surface area contributed by atoms with Crippen LogP contribution in [-0.4, -0.2) is 25.9 Å². The SMILES string of the molecule is CC(C)COCCCNCc1cccc(OC2CCCC2)c1. The lowest BCUT2D eigenvalue weighted by Gasteiger charge is -2.14. The van der Waals surface area contributed by atoms with Crippen molar-refractivity contribution in [1.29, 1.82) is 0 Å². The molecule has 1 aromatic carbocycles. The minimum Gasteiger partial charge on any atom is -0.490 e. The molecule has 124 valence electrons. The second-order valence-corrected chi connectivity index (χ2v) is 6.67. The van der Waals surface area contributed by atoms with Crippen molar-refractivity contribution < 1.29 is 9.47 Å². The minimum atomic E-state index is 0.432. The monoisotopic (exact) mass is 305 g/mol. The zero-order valence-electron chi connectivity index (χ0n) is 14.1. The second-order valence-electron chi connectivity index (χ2n) is 6.67. The fraction of sp³-hybridized carbons (Fsp3) is 0.684. The van der Waals surface area contributed by atoms with Gasteiger partial charge in [-0.3, -0.25) is 0 Å². The fourth-order valence-corrected chi connectivity index (χ4v) is 2.78. The largest absolute Gasteiger partial charge is 0.490 e. The van der Waals surface area contributed by atoms with E-state index in [1.165, 1.54) is 31.2 Å². The molecule has 1 N–H and O–H groups in total. The maximum atomic E-state index is 6.05. The lowest BCUT2D eigenvalue weighted by Crippen LogP contribution is -2.17. The summed E-state index contributed by atoms with van der Waals surface area (Å²) >= 11 is 0. The van der Waals surface area contributed by atoms with Crippen LogP contribution in [0.1, 0.15) is 51.5 Å². The van der Waals surface area contributed by atoms with Crippen LogP contribution in [0.25, 0.3) is 0 Å². The molecule has 0 amide bonds. The van der Waals surface area contributed by atoms with Crippen LogP contribution >= 0.6 is 0 Å². The van der Waals surface area contributed by atoms with Crippen LogP contribution in [0.2, 0.25) is 0 Å². The third kappa shape index (κ3) is 6.80. The van der Waals surface area contributed by atoms with Gasteiger partial charge >= 0.3 is 0 Å². The second kappa shape index (κ2) is 9.86. The van der Waals surface area contributed by atoms with Gasteiger partial charge in [-0.1, -0.05) is 26.0 Å². The van der Waals surface area contributed by atoms with Gasteiger partial charge in [0.1, 0.15) is 5.75 Å². The number of benzene rings is 1. The number of nitrogens with one attached hydrogen (secondary N) is 1. The number of rotatable bonds is 10. The van der Waals surface area contributed by atoms with E-state index in [0.717, 1.165) is 38.5 Å². The summed E-state index contributed by atoms with van der Waals surface area (Å²) in [5, 5.41) is 3.48. The highest BCUT2D eigenvalue weighted by Crippen LogP contribution is 2.24. The van der Waals surface area contributed by atoms with Gasteiger partial charge in [-0.25, -0.2) is 0 Å². The molecular weight excluding hydrogens is 274 g/mol. The van der Waals surface area contributed by atoms with Crippen LogP contribution in [0.3, 0.4) is 0 Å². The Hall–Kier alpha value is -1.06. The highest BCUT2D eigenvalue weighted by atomic mass is 16.5. The first kappa shape index (κ1) is 17.3. The molecule has 0 atom stereocenters. The van der Waals surface area contributed by atoms with E-state index in [1.54, 1.807) is 0 Å². The molecule has 0 heterocycles. The zero-order valence-corrected chi connectivity index (χ0v) is 14.1. The standard InChI is InChI=1S/C19H31NO2/c1-16(2)15-21-12-6-11-20-14-17-7-5-10-19(13-17)22-18-8-3-4-9-18/h5,7,10,13,16,18,20H,3-4,6,8-9,11-12,14-15H2,1-2H3. The van der Waals surface area contributed by atoms with Gasteiger partial charge in [0, 0.05) is 19.8 Å². The molecule has 3 heteroatoms. The first-order chi connectivity index (χ1) is 10.7. The van der Waals surface area contributed by atoms with Crippen LogP contribution < -0.4 is 10.1 Å². The van der Waals surface area contributed by atoms with Crippen molar-refractivity contribution in [2.24, 2.45) is 5.92 Å². The average molecular weight is 305 g/mol. The predicted molar refractivity (Wildman–Crippen MR) is 91.3 cm³/mol. The fourth-order valence-electron chi connectivity index (χ4n) is 2.78. The summed E-state index contributed by atoms with van der Waals surface area (Å²) in [5.41, 5.74) is 1.29. The molecule has 0 bridgehead atoms. The Morgan fingerprint density at radius 3 is 2.82 bits per heavy atom. The molecule has 0 aliphatic heterocycles. The predicted octanol–water partition coefficient (Wildman–Crippen LogP) is 4.16. The Morgan fingerprint density at radius 1 is 1.23 bits per heavy atom. The molecule has 1 aliphatic rings. The molecule has 1 saturated carbocycles. The van der Waals surface area contributed by atoms with Crippen LogP contribution in [0.5, 0.6) is 5.75 Å². The molecule has 22 heavy (non-hydrogen) atoms. The zero-order chi connectivity index (χ0) is 15.6. The van der Waals surface area contributed by atoms with Gasteiger partial charge in [0.15, 0.2) is 0 Å². The van der Waals surface area contributed by atoms with Gasteiger partial charge in [0.2, 0.25) is 0 Å². The van der Waals surface area contributed by atoms with Gasteiger partial charge in [-0.05, 0) is 62.3 Å². The molecule has 0 saturated heterocycles. The molecule has 0 radical (unpaired) electrons. The molecule has 1 aromatic rings. The Labute approximate surface area is 135 Å². The summed E-state index contributed by atoms with van der Waals surface area (Å²) < 4.78 is 11.6. The third-order valence-electron chi connectivity index (χ3n) is 3.93. The van der Waals surface area contributed by atoms with E-state index in [0.29, 0.717) is 12.0 Å². The first-order valence-corrected chi connectivity index (χ1v) is 8.78. The van der Waals surface area contributed by atoms with Crippen molar-refractivity contribution in [2.45, 2.75) is 58.6 Å². The van der Waals surface area contributed by atoms with Crippen molar-refractivity contribution in [2.75, 3.05) is 19.8 Å². The molecule has 0 unspecified atom stereocenters. The van der Waals surface area contributed by atoms with Crippen molar-refractivity contribution in [1.82, 2.24) is 5.32 Å². The van der Waals surface area contributed by atoms with E-state index in [9.17, 15) is 0 Å². The Balaban J connectivity index is 1.61. The van der Waals surface area contributed by atoms with Crippen molar-refractivity contribution in [3.05, 3.63) is 29.8 Å². The average Bonchev–Trinajstić information content (AvgIpc) is 2.99. The summed E-state index contributed by atoms with van der Waals surface area (Å²) in [6.07, 6.45) is 6.53.